The average molecular weight is 214 g/mol. The van der Waals surface area contributed by atoms with E-state index in [9.17, 15) is 4.79 Å². The van der Waals surface area contributed by atoms with Crippen LogP contribution in [0.2, 0.25) is 5.02 Å². The van der Waals surface area contributed by atoms with Crippen LogP contribution in [0, 0.1) is 0 Å². The maximum atomic E-state index is 10.4. The van der Waals surface area contributed by atoms with Gasteiger partial charge in [0.15, 0.2) is 0 Å². The topological polar surface area (TPSA) is 59.4 Å². The Morgan fingerprint density at radius 3 is 2.93 bits per heavy atom. The Labute approximate surface area is 85.8 Å². The van der Waals surface area contributed by atoms with Crippen molar-refractivity contribution in [1.82, 2.24) is 4.98 Å². The lowest BCUT2D eigenvalue weighted by Crippen LogP contribution is -2.08. The first-order valence-corrected chi connectivity index (χ1v) is 4.12. The molecule has 74 valence electrons. The Balaban J connectivity index is 2.54. The number of pyridine rings is 1. The second-order valence-electron chi connectivity index (χ2n) is 2.54. The third-order valence-corrected chi connectivity index (χ3v) is 1.60. The molecule has 1 heterocycles. The van der Waals surface area contributed by atoms with Gasteiger partial charge in [0.25, 0.3) is 0 Å². The maximum absolute atomic E-state index is 10.4. The summed E-state index contributed by atoms with van der Waals surface area (Å²) in [6.45, 7) is 3.23. The molecule has 0 aromatic carbocycles. The number of nitrogens with zero attached hydrogens (tertiary/aromatic N) is 1. The van der Waals surface area contributed by atoms with Crippen molar-refractivity contribution in [1.29, 1.82) is 0 Å². The molecular weight excluding hydrogens is 206 g/mol. The van der Waals surface area contributed by atoms with Gasteiger partial charge in [-0.3, -0.25) is 4.98 Å². The predicted molar refractivity (Wildman–Crippen MR) is 51.5 cm³/mol. The predicted octanol–water partition coefficient (Wildman–Crippen LogP) is 1.75. The highest BCUT2D eigenvalue weighted by Crippen LogP contribution is 2.15. The lowest BCUT2D eigenvalue weighted by Gasteiger charge is -2.04. The van der Waals surface area contributed by atoms with Gasteiger partial charge in [-0.1, -0.05) is 18.2 Å². The van der Waals surface area contributed by atoms with Crippen molar-refractivity contribution in [2.75, 3.05) is 6.61 Å². The van der Waals surface area contributed by atoms with Crippen LogP contribution in [0.3, 0.4) is 0 Å². The highest BCUT2D eigenvalue weighted by molar-refractivity contribution is 6.30. The fourth-order valence-electron chi connectivity index (χ4n) is 0.703. The Morgan fingerprint density at radius 2 is 2.36 bits per heavy atom. The monoisotopic (exact) mass is 213 g/mol. The number of hydrogen-bond acceptors (Lipinski definition) is 3. The summed E-state index contributed by atoms with van der Waals surface area (Å²) in [6, 6.07) is 1.55. The quantitative estimate of drug-likeness (QED) is 0.775. The molecule has 0 aliphatic rings. The fraction of sp³-hybridized carbons (Fsp3) is 0.111. The van der Waals surface area contributed by atoms with Crippen LogP contribution in [-0.4, -0.2) is 22.7 Å². The summed E-state index contributed by atoms with van der Waals surface area (Å²) in [7, 11) is 0. The van der Waals surface area contributed by atoms with Crippen molar-refractivity contribution in [2.45, 2.75) is 0 Å². The van der Waals surface area contributed by atoms with Gasteiger partial charge in [0.2, 0.25) is 0 Å². The van der Waals surface area contributed by atoms with Gasteiger partial charge in [-0.2, -0.15) is 0 Å². The molecule has 14 heavy (non-hydrogen) atoms. The lowest BCUT2D eigenvalue weighted by atomic mass is 10.3. The first kappa shape index (κ1) is 10.5. The van der Waals surface area contributed by atoms with Gasteiger partial charge in [-0.15, -0.1) is 0 Å². The molecule has 0 saturated heterocycles. The van der Waals surface area contributed by atoms with Gasteiger partial charge in [0.1, 0.15) is 12.4 Å². The van der Waals surface area contributed by atoms with Gasteiger partial charge in [-0.25, -0.2) is 4.79 Å². The van der Waals surface area contributed by atoms with Crippen molar-refractivity contribution >= 4 is 17.6 Å². The van der Waals surface area contributed by atoms with Crippen LogP contribution in [0.5, 0.6) is 5.75 Å². The minimum atomic E-state index is -1.08. The van der Waals surface area contributed by atoms with Crippen LogP contribution in [0.25, 0.3) is 0 Å². The van der Waals surface area contributed by atoms with Crippen LogP contribution in [0.1, 0.15) is 0 Å². The van der Waals surface area contributed by atoms with Crippen molar-refractivity contribution < 1.29 is 14.6 Å². The highest BCUT2D eigenvalue weighted by Gasteiger charge is 2.04. The molecule has 0 radical (unpaired) electrons. The van der Waals surface area contributed by atoms with Crippen LogP contribution in [0.4, 0.5) is 0 Å². The summed E-state index contributed by atoms with van der Waals surface area (Å²) in [5.41, 5.74) is -0.0232. The highest BCUT2D eigenvalue weighted by atomic mass is 35.5. The number of carbonyl (C=O) groups is 1. The summed E-state index contributed by atoms with van der Waals surface area (Å²) in [5, 5.41) is 8.93. The zero-order valence-corrected chi connectivity index (χ0v) is 7.99. The number of halogens is 1. The van der Waals surface area contributed by atoms with Gasteiger partial charge >= 0.3 is 5.97 Å². The Morgan fingerprint density at radius 1 is 1.64 bits per heavy atom. The molecule has 1 N–H and O–H groups in total. The Bertz CT molecular complexity index is 365. The van der Waals surface area contributed by atoms with Crippen molar-refractivity contribution in [3.63, 3.8) is 0 Å². The molecule has 0 atom stereocenters. The molecule has 0 aliphatic heterocycles. The van der Waals surface area contributed by atoms with Crippen LogP contribution in [-0.2, 0) is 4.79 Å². The minimum Gasteiger partial charge on any atom is -0.487 e. The van der Waals surface area contributed by atoms with Crippen molar-refractivity contribution in [3.05, 3.63) is 35.6 Å². The normalized spacial score (nSPS) is 9.50. The summed E-state index contributed by atoms with van der Waals surface area (Å²) >= 11 is 5.64. The average Bonchev–Trinajstić information content (AvgIpc) is 2.14. The van der Waals surface area contributed by atoms with E-state index in [0.29, 0.717) is 10.8 Å². The van der Waals surface area contributed by atoms with Crippen LogP contribution >= 0.6 is 11.6 Å². The molecule has 0 fully saturated rings. The standard InChI is InChI=1S/C9H8ClNO3/c1-6(9(12)13)5-14-8-2-7(10)3-11-4-8/h2-4H,1,5H2,(H,12,13). The number of ether oxygens (including phenoxy) is 1. The zero-order chi connectivity index (χ0) is 10.6. The van der Waals surface area contributed by atoms with E-state index in [-0.39, 0.29) is 12.2 Å². The Kier molecular flexibility index (Phi) is 3.48. The second-order valence-corrected chi connectivity index (χ2v) is 2.97. The minimum absolute atomic E-state index is 0.0232. The van der Waals surface area contributed by atoms with Crippen LogP contribution in [0.15, 0.2) is 30.6 Å². The van der Waals surface area contributed by atoms with Gasteiger partial charge in [0, 0.05) is 12.3 Å². The number of carboxylic acids is 1. The molecular formula is C9H8ClNO3. The molecule has 0 unspecified atom stereocenters. The third-order valence-electron chi connectivity index (χ3n) is 1.40. The first-order valence-electron chi connectivity index (χ1n) is 3.74. The molecule has 5 heteroatoms. The SMILES string of the molecule is C=C(COc1cncc(Cl)c1)C(=O)O. The first-order chi connectivity index (χ1) is 6.59. The molecule has 0 saturated carbocycles. The van der Waals surface area contributed by atoms with E-state index in [0.717, 1.165) is 0 Å². The number of aromatic nitrogens is 1. The third kappa shape index (κ3) is 3.06. The number of hydrogen-bond donors (Lipinski definition) is 1. The van der Waals surface area contributed by atoms with E-state index in [1.165, 1.54) is 12.4 Å². The van der Waals surface area contributed by atoms with E-state index < -0.39 is 5.97 Å². The molecule has 1 aromatic rings. The van der Waals surface area contributed by atoms with E-state index in [1.807, 2.05) is 0 Å². The van der Waals surface area contributed by atoms with Crippen molar-refractivity contribution in [2.24, 2.45) is 0 Å². The van der Waals surface area contributed by atoms with Crippen molar-refractivity contribution in [3.8, 4) is 5.75 Å². The number of aliphatic carboxylic acids is 1. The van der Waals surface area contributed by atoms with E-state index in [1.54, 1.807) is 6.07 Å². The Hall–Kier alpha value is -1.55. The molecule has 1 aromatic heterocycles. The van der Waals surface area contributed by atoms with E-state index in [4.69, 9.17) is 21.4 Å². The van der Waals surface area contributed by atoms with Gasteiger partial charge in [0.05, 0.1) is 16.8 Å². The van der Waals surface area contributed by atoms with Crippen LogP contribution < -0.4 is 4.74 Å². The smallest absolute Gasteiger partial charge is 0.334 e. The largest absolute Gasteiger partial charge is 0.487 e. The number of carboxylic acid groups (broad SMARTS) is 1. The maximum Gasteiger partial charge on any atom is 0.334 e. The molecule has 0 aliphatic carbocycles. The fourth-order valence-corrected chi connectivity index (χ4v) is 0.867. The number of rotatable bonds is 4. The molecule has 1 rings (SSSR count). The molecule has 0 spiro atoms. The summed E-state index contributed by atoms with van der Waals surface area (Å²) < 4.78 is 5.08. The lowest BCUT2D eigenvalue weighted by molar-refractivity contribution is -0.133. The summed E-state index contributed by atoms with van der Waals surface area (Å²) in [6.07, 6.45) is 2.90. The zero-order valence-electron chi connectivity index (χ0n) is 7.24. The second kappa shape index (κ2) is 4.62. The molecule has 0 amide bonds. The molecule has 4 nitrogen and oxygen atoms in total. The van der Waals surface area contributed by atoms with Gasteiger partial charge < -0.3 is 9.84 Å². The van der Waals surface area contributed by atoms with E-state index in [2.05, 4.69) is 11.6 Å². The summed E-state index contributed by atoms with van der Waals surface area (Å²) in [5.74, 6) is -0.667. The summed E-state index contributed by atoms with van der Waals surface area (Å²) in [4.78, 5) is 14.1. The van der Waals surface area contributed by atoms with Gasteiger partial charge in [-0.05, 0) is 0 Å². The van der Waals surface area contributed by atoms with E-state index >= 15 is 0 Å². The molecule has 0 bridgehead atoms.